The molecule has 1 aliphatic heterocycles. The second kappa shape index (κ2) is 14.4. The van der Waals surface area contributed by atoms with Crippen LogP contribution in [0.25, 0.3) is 10.2 Å². The van der Waals surface area contributed by atoms with Crippen LogP contribution in [0.2, 0.25) is 0 Å². The van der Waals surface area contributed by atoms with Crippen LogP contribution in [-0.4, -0.2) is 69.9 Å². The summed E-state index contributed by atoms with van der Waals surface area (Å²) in [5.74, 6) is 5.84. The van der Waals surface area contributed by atoms with Crippen LogP contribution >= 0.6 is 22.7 Å². The summed E-state index contributed by atoms with van der Waals surface area (Å²) in [5, 5.41) is 23.8. The third-order valence-corrected chi connectivity index (χ3v) is 9.73. The Labute approximate surface area is 280 Å². The van der Waals surface area contributed by atoms with Crippen molar-refractivity contribution >= 4 is 60.8 Å². The van der Waals surface area contributed by atoms with Gasteiger partial charge in [0.25, 0.3) is 0 Å². The molecule has 1 aliphatic rings. The minimum atomic E-state index is -1.09. The highest BCUT2D eigenvalue weighted by Crippen LogP contribution is 2.38. The molecule has 3 aromatic heterocycles. The fourth-order valence-electron chi connectivity index (χ4n) is 5.27. The molecule has 242 valence electrons. The Balaban J connectivity index is 1.15. The number of rotatable bonds is 10. The number of aryl methyl sites for hydroxylation is 1. The number of ether oxygens (including phenoxy) is 1. The molecule has 5 aromatic rings. The number of thiazole rings is 2. The lowest BCUT2D eigenvalue weighted by Gasteiger charge is -2.21. The third-order valence-electron chi connectivity index (χ3n) is 7.64. The number of carboxylic acids is 1. The van der Waals surface area contributed by atoms with E-state index in [1.807, 2.05) is 55.1 Å². The maximum atomic E-state index is 14.6. The highest BCUT2D eigenvalue weighted by Gasteiger charge is 2.27. The summed E-state index contributed by atoms with van der Waals surface area (Å²) in [7, 11) is 3.84. The predicted molar refractivity (Wildman–Crippen MR) is 184 cm³/mol. The van der Waals surface area contributed by atoms with Crippen LogP contribution in [-0.2, 0) is 12.8 Å². The first kappa shape index (κ1) is 32.3. The van der Waals surface area contributed by atoms with E-state index in [1.54, 1.807) is 23.5 Å². The molecule has 4 heterocycles. The number of benzene rings is 2. The van der Waals surface area contributed by atoms with Crippen molar-refractivity contribution < 1.29 is 19.0 Å². The molecule has 0 bridgehead atoms. The summed E-state index contributed by atoms with van der Waals surface area (Å²) >= 11 is 2.90. The van der Waals surface area contributed by atoms with Crippen molar-refractivity contribution in [3.63, 3.8) is 0 Å². The summed E-state index contributed by atoms with van der Waals surface area (Å²) in [6.07, 6.45) is 3.59. The normalized spacial score (nSPS) is 12.8. The summed E-state index contributed by atoms with van der Waals surface area (Å²) < 4.78 is 21.4. The van der Waals surface area contributed by atoms with Gasteiger partial charge in [-0.25, -0.2) is 19.2 Å². The first-order chi connectivity index (χ1) is 22.8. The van der Waals surface area contributed by atoms with Crippen molar-refractivity contribution in [3.8, 4) is 17.6 Å². The number of aromatic nitrogens is 4. The van der Waals surface area contributed by atoms with E-state index in [-0.39, 0.29) is 18.1 Å². The number of hydrogen-bond acceptors (Lipinski definition) is 11. The molecule has 0 amide bonds. The van der Waals surface area contributed by atoms with Crippen LogP contribution in [0.1, 0.15) is 51.3 Å². The van der Waals surface area contributed by atoms with Gasteiger partial charge in [-0.05, 0) is 83.5 Å². The average Bonchev–Trinajstić information content (AvgIpc) is 3.59. The summed E-state index contributed by atoms with van der Waals surface area (Å²) in [6.45, 7) is 3.48. The van der Waals surface area contributed by atoms with Gasteiger partial charge in [0.2, 0.25) is 0 Å². The Bertz CT molecular complexity index is 1950. The standard InChI is InChI=1S/C34H34FN7O3S2/c1-21-23-11-6-7-18-42(31(23)40-39-30(21)38-33-36-25-12-4-5-13-27(25)46-33)34-37-29(32(43)44)28(47-34)14-9-19-45-26-16-15-22(20-24(26)35)10-8-17-41(2)3/h4-5,12-13,15-16,20H,6-7,9,11,14,17-19H2,1-3H3,(H,43,44)(H,36,38,39). The Hall–Kier alpha value is -4.64. The average molecular weight is 672 g/mol. The highest BCUT2D eigenvalue weighted by molar-refractivity contribution is 7.22. The van der Waals surface area contributed by atoms with Crippen LogP contribution in [0, 0.1) is 24.6 Å². The fraction of sp³-hybridized carbons (Fsp3) is 0.324. The lowest BCUT2D eigenvalue weighted by Crippen LogP contribution is -2.20. The highest BCUT2D eigenvalue weighted by atomic mass is 32.1. The van der Waals surface area contributed by atoms with Crippen LogP contribution in [0.4, 0.5) is 26.3 Å². The lowest BCUT2D eigenvalue weighted by atomic mass is 10.1. The minimum Gasteiger partial charge on any atom is -0.491 e. The number of anilines is 4. The van der Waals surface area contributed by atoms with Crippen LogP contribution in [0.15, 0.2) is 42.5 Å². The number of carbonyl (C=O) groups is 1. The molecule has 13 heteroatoms. The van der Waals surface area contributed by atoms with Gasteiger partial charge in [0.15, 0.2) is 39.2 Å². The quantitative estimate of drug-likeness (QED) is 0.121. The van der Waals surface area contributed by atoms with Gasteiger partial charge in [-0.2, -0.15) is 0 Å². The van der Waals surface area contributed by atoms with Crippen LogP contribution in [0.3, 0.4) is 0 Å². The maximum absolute atomic E-state index is 14.6. The van der Waals surface area contributed by atoms with E-state index in [0.717, 1.165) is 45.7 Å². The van der Waals surface area contributed by atoms with Gasteiger partial charge < -0.3 is 20.1 Å². The number of aromatic carboxylic acids is 1. The topological polar surface area (TPSA) is 117 Å². The second-order valence-electron chi connectivity index (χ2n) is 11.4. The number of nitrogens with zero attached hydrogens (tertiary/aromatic N) is 6. The number of hydrogen-bond donors (Lipinski definition) is 2. The van der Waals surface area contributed by atoms with Crippen molar-refractivity contribution in [1.82, 2.24) is 25.1 Å². The van der Waals surface area contributed by atoms with E-state index in [4.69, 9.17) is 4.74 Å². The second-order valence-corrected chi connectivity index (χ2v) is 13.5. The molecule has 10 nitrogen and oxygen atoms in total. The molecule has 47 heavy (non-hydrogen) atoms. The molecule has 6 rings (SSSR count). The van der Waals surface area contributed by atoms with E-state index < -0.39 is 11.8 Å². The monoisotopic (exact) mass is 671 g/mol. The first-order valence-corrected chi connectivity index (χ1v) is 17.0. The summed E-state index contributed by atoms with van der Waals surface area (Å²) in [5.41, 5.74) is 3.56. The molecule has 0 radical (unpaired) electrons. The molecule has 0 spiro atoms. The zero-order chi connectivity index (χ0) is 32.9. The molecule has 0 aliphatic carbocycles. The van der Waals surface area contributed by atoms with Crippen LogP contribution in [0.5, 0.6) is 5.75 Å². The van der Waals surface area contributed by atoms with Gasteiger partial charge in [-0.3, -0.25) is 4.90 Å². The first-order valence-electron chi connectivity index (χ1n) is 15.3. The van der Waals surface area contributed by atoms with E-state index in [0.29, 0.717) is 53.1 Å². The molecule has 0 fully saturated rings. The van der Waals surface area contributed by atoms with Gasteiger partial charge in [-0.1, -0.05) is 35.3 Å². The minimum absolute atomic E-state index is 0.0152. The number of carboxylic acid groups (broad SMARTS) is 1. The number of fused-ring (bicyclic) bond motifs is 2. The zero-order valence-electron chi connectivity index (χ0n) is 26.3. The van der Waals surface area contributed by atoms with Crippen LogP contribution < -0.4 is 15.0 Å². The van der Waals surface area contributed by atoms with Crippen molar-refractivity contribution in [2.24, 2.45) is 0 Å². The fourth-order valence-corrected chi connectivity index (χ4v) is 7.26. The third kappa shape index (κ3) is 7.51. The van der Waals surface area contributed by atoms with Crippen molar-refractivity contribution in [2.75, 3.05) is 44.0 Å². The van der Waals surface area contributed by atoms with Gasteiger partial charge in [-0.15, -0.1) is 21.5 Å². The molecular weight excluding hydrogens is 638 g/mol. The Morgan fingerprint density at radius 3 is 2.79 bits per heavy atom. The molecule has 0 saturated carbocycles. The maximum Gasteiger partial charge on any atom is 0.355 e. The van der Waals surface area contributed by atoms with E-state index in [2.05, 4.69) is 37.3 Å². The van der Waals surface area contributed by atoms with Gasteiger partial charge in [0.05, 0.1) is 23.4 Å². The molecular formula is C34H34FN7O3S2. The van der Waals surface area contributed by atoms with E-state index in [9.17, 15) is 14.3 Å². The molecule has 2 aromatic carbocycles. The number of para-hydroxylation sites is 1. The molecule has 0 unspecified atom stereocenters. The molecule has 0 saturated heterocycles. The van der Waals surface area contributed by atoms with Gasteiger partial charge in [0.1, 0.15) is 0 Å². The molecule has 0 atom stereocenters. The summed E-state index contributed by atoms with van der Waals surface area (Å²) in [4.78, 5) is 26.0. The SMILES string of the molecule is Cc1c(Nc2nc3ccccc3s2)nnc2c1CCCCN2c1nc(C(=O)O)c(CCCOc2ccc(C#CCN(C)C)cc2F)s1. The molecule has 2 N–H and O–H groups in total. The van der Waals surface area contributed by atoms with Crippen molar-refractivity contribution in [3.05, 3.63) is 75.5 Å². The number of nitrogens with one attached hydrogen (secondary N) is 1. The smallest absolute Gasteiger partial charge is 0.355 e. The Kier molecular flexibility index (Phi) is 9.91. The predicted octanol–water partition coefficient (Wildman–Crippen LogP) is 6.83. The van der Waals surface area contributed by atoms with Crippen molar-refractivity contribution in [1.29, 1.82) is 0 Å². The Morgan fingerprint density at radius 1 is 1.15 bits per heavy atom. The van der Waals surface area contributed by atoms with Gasteiger partial charge in [0, 0.05) is 28.1 Å². The summed E-state index contributed by atoms with van der Waals surface area (Å²) in [6, 6.07) is 12.6. The van der Waals surface area contributed by atoms with E-state index >= 15 is 0 Å². The lowest BCUT2D eigenvalue weighted by molar-refractivity contribution is 0.0690. The van der Waals surface area contributed by atoms with Gasteiger partial charge >= 0.3 is 5.97 Å². The Morgan fingerprint density at radius 2 is 2.00 bits per heavy atom. The zero-order valence-corrected chi connectivity index (χ0v) is 28.0. The number of halogens is 1. The largest absolute Gasteiger partial charge is 0.491 e. The van der Waals surface area contributed by atoms with E-state index in [1.165, 1.54) is 17.4 Å². The van der Waals surface area contributed by atoms with Crippen molar-refractivity contribution in [2.45, 2.75) is 39.0 Å².